The van der Waals surface area contributed by atoms with Crippen LogP contribution in [0.4, 0.5) is 0 Å². The molecule has 0 aromatic rings. The minimum atomic E-state index is -0.454. The van der Waals surface area contributed by atoms with Crippen LogP contribution >= 0.6 is 0 Å². The Morgan fingerprint density at radius 1 is 1.25 bits per heavy atom. The largest absolute Gasteiger partial charge is 0.379 e. The van der Waals surface area contributed by atoms with Gasteiger partial charge in [0, 0.05) is 7.11 Å². The highest BCUT2D eigenvalue weighted by Crippen LogP contribution is 2.32. The lowest BCUT2D eigenvalue weighted by atomic mass is 9.83. The lowest BCUT2D eigenvalue weighted by Gasteiger charge is -2.45. The van der Waals surface area contributed by atoms with E-state index in [4.69, 9.17) is 4.74 Å². The quantitative estimate of drug-likeness (QED) is 0.831. The number of rotatable bonds is 2. The first kappa shape index (κ1) is 15.3. The highest BCUT2D eigenvalue weighted by atomic mass is 16.5. The Labute approximate surface area is 121 Å². The fourth-order valence-corrected chi connectivity index (χ4v) is 3.33. The molecule has 2 amide bonds. The van der Waals surface area contributed by atoms with Crippen molar-refractivity contribution in [2.24, 2.45) is 5.41 Å². The van der Waals surface area contributed by atoms with Crippen molar-refractivity contribution in [3.8, 4) is 0 Å². The second-order valence-electron chi connectivity index (χ2n) is 7.00. The Kier molecular flexibility index (Phi) is 4.09. The summed E-state index contributed by atoms with van der Waals surface area (Å²) < 4.78 is 5.50. The zero-order chi connectivity index (χ0) is 15.1. The molecule has 1 aliphatic heterocycles. The maximum absolute atomic E-state index is 12.8. The number of carbonyl (C=O) groups excluding carboxylic acids is 2. The van der Waals surface area contributed by atoms with Crippen LogP contribution in [0.3, 0.4) is 0 Å². The Hall–Kier alpha value is -1.10. The van der Waals surface area contributed by atoms with Gasteiger partial charge in [0.2, 0.25) is 11.8 Å². The van der Waals surface area contributed by atoms with Gasteiger partial charge in [0.1, 0.15) is 12.1 Å². The van der Waals surface area contributed by atoms with Crippen LogP contribution in [0.2, 0.25) is 0 Å². The Morgan fingerprint density at radius 2 is 1.90 bits per heavy atom. The molecule has 5 nitrogen and oxygen atoms in total. The molecule has 114 valence electrons. The molecular weight excluding hydrogens is 256 g/mol. The number of piperazine rings is 1. The summed E-state index contributed by atoms with van der Waals surface area (Å²) in [6.07, 6.45) is 2.97. The molecular formula is C15H26N2O3. The van der Waals surface area contributed by atoms with Crippen LogP contribution < -0.4 is 5.32 Å². The Bertz CT molecular complexity index is 402. The Balaban J connectivity index is 2.29. The number of hydrogen-bond donors (Lipinski definition) is 1. The summed E-state index contributed by atoms with van der Waals surface area (Å²) >= 11 is 0. The molecule has 2 fully saturated rings. The SMILES string of the molecule is COC1CCCC1N1C(=O)C(C(C)(C)C)NC(=O)C1C. The van der Waals surface area contributed by atoms with Gasteiger partial charge in [-0.1, -0.05) is 20.8 Å². The zero-order valence-corrected chi connectivity index (χ0v) is 13.1. The van der Waals surface area contributed by atoms with Gasteiger partial charge in [-0.05, 0) is 31.6 Å². The number of amides is 2. The summed E-state index contributed by atoms with van der Waals surface area (Å²) in [4.78, 5) is 26.8. The first-order chi connectivity index (χ1) is 9.27. The van der Waals surface area contributed by atoms with Gasteiger partial charge in [-0.25, -0.2) is 0 Å². The average Bonchev–Trinajstić information content (AvgIpc) is 2.81. The summed E-state index contributed by atoms with van der Waals surface area (Å²) in [5.41, 5.74) is -0.285. The summed E-state index contributed by atoms with van der Waals surface area (Å²) in [5, 5.41) is 2.87. The van der Waals surface area contributed by atoms with E-state index in [0.717, 1.165) is 19.3 Å². The number of nitrogens with one attached hydrogen (secondary N) is 1. The van der Waals surface area contributed by atoms with E-state index in [1.54, 1.807) is 18.9 Å². The summed E-state index contributed by atoms with van der Waals surface area (Å²) in [6, 6.07) is -0.843. The number of nitrogens with zero attached hydrogens (tertiary/aromatic N) is 1. The molecule has 0 aromatic heterocycles. The third-order valence-corrected chi connectivity index (χ3v) is 4.53. The molecule has 4 atom stereocenters. The van der Waals surface area contributed by atoms with Crippen LogP contribution in [-0.2, 0) is 14.3 Å². The van der Waals surface area contributed by atoms with Crippen molar-refractivity contribution in [2.75, 3.05) is 7.11 Å². The molecule has 0 bridgehead atoms. The molecule has 4 unspecified atom stereocenters. The molecule has 20 heavy (non-hydrogen) atoms. The molecule has 0 aromatic carbocycles. The van der Waals surface area contributed by atoms with Gasteiger partial charge in [0.05, 0.1) is 12.1 Å². The van der Waals surface area contributed by atoms with Crippen molar-refractivity contribution in [1.82, 2.24) is 10.2 Å². The first-order valence-corrected chi connectivity index (χ1v) is 7.42. The minimum Gasteiger partial charge on any atom is -0.379 e. The second-order valence-corrected chi connectivity index (χ2v) is 7.00. The van der Waals surface area contributed by atoms with Gasteiger partial charge in [-0.3, -0.25) is 9.59 Å². The van der Waals surface area contributed by atoms with E-state index in [0.29, 0.717) is 0 Å². The van der Waals surface area contributed by atoms with Crippen molar-refractivity contribution >= 4 is 11.8 Å². The van der Waals surface area contributed by atoms with Crippen molar-refractivity contribution in [2.45, 2.75) is 71.2 Å². The van der Waals surface area contributed by atoms with E-state index in [1.807, 2.05) is 20.8 Å². The van der Waals surface area contributed by atoms with Gasteiger partial charge >= 0.3 is 0 Å². The molecule has 1 saturated carbocycles. The van der Waals surface area contributed by atoms with Crippen LogP contribution in [0, 0.1) is 5.41 Å². The van der Waals surface area contributed by atoms with Gasteiger partial charge < -0.3 is 15.0 Å². The van der Waals surface area contributed by atoms with E-state index >= 15 is 0 Å². The predicted molar refractivity (Wildman–Crippen MR) is 76.1 cm³/mol. The smallest absolute Gasteiger partial charge is 0.246 e. The predicted octanol–water partition coefficient (Wildman–Crippen LogP) is 1.32. The highest BCUT2D eigenvalue weighted by Gasteiger charge is 2.48. The molecule has 0 radical (unpaired) electrons. The maximum Gasteiger partial charge on any atom is 0.246 e. The van der Waals surface area contributed by atoms with Crippen molar-refractivity contribution in [3.63, 3.8) is 0 Å². The lowest BCUT2D eigenvalue weighted by Crippen LogP contribution is -2.68. The van der Waals surface area contributed by atoms with Crippen LogP contribution in [0.5, 0.6) is 0 Å². The van der Waals surface area contributed by atoms with E-state index < -0.39 is 12.1 Å². The van der Waals surface area contributed by atoms with Crippen molar-refractivity contribution in [1.29, 1.82) is 0 Å². The molecule has 1 N–H and O–H groups in total. The average molecular weight is 282 g/mol. The molecule has 1 saturated heterocycles. The van der Waals surface area contributed by atoms with E-state index in [-0.39, 0.29) is 29.4 Å². The Morgan fingerprint density at radius 3 is 2.45 bits per heavy atom. The van der Waals surface area contributed by atoms with E-state index in [9.17, 15) is 9.59 Å². The normalized spacial score (nSPS) is 35.4. The topological polar surface area (TPSA) is 58.6 Å². The minimum absolute atomic E-state index is 0.0263. The molecule has 1 heterocycles. The highest BCUT2D eigenvalue weighted by molar-refractivity contribution is 5.97. The number of methoxy groups -OCH3 is 1. The van der Waals surface area contributed by atoms with Gasteiger partial charge in [0.25, 0.3) is 0 Å². The van der Waals surface area contributed by atoms with Crippen molar-refractivity contribution in [3.05, 3.63) is 0 Å². The van der Waals surface area contributed by atoms with Crippen LogP contribution in [0.15, 0.2) is 0 Å². The summed E-state index contributed by atoms with van der Waals surface area (Å²) in [7, 11) is 1.68. The third kappa shape index (κ3) is 2.55. The molecule has 2 aliphatic rings. The fourth-order valence-electron chi connectivity index (χ4n) is 3.33. The van der Waals surface area contributed by atoms with Gasteiger partial charge in [-0.15, -0.1) is 0 Å². The van der Waals surface area contributed by atoms with Crippen molar-refractivity contribution < 1.29 is 14.3 Å². The second kappa shape index (κ2) is 5.35. The zero-order valence-electron chi connectivity index (χ0n) is 13.1. The van der Waals surface area contributed by atoms with Gasteiger partial charge in [-0.2, -0.15) is 0 Å². The molecule has 2 rings (SSSR count). The number of carbonyl (C=O) groups is 2. The van der Waals surface area contributed by atoms with Crippen LogP contribution in [0.25, 0.3) is 0 Å². The molecule has 1 aliphatic carbocycles. The fraction of sp³-hybridized carbons (Fsp3) is 0.867. The van der Waals surface area contributed by atoms with E-state index in [2.05, 4.69) is 5.32 Å². The molecule has 5 heteroatoms. The van der Waals surface area contributed by atoms with Gasteiger partial charge in [0.15, 0.2) is 0 Å². The number of hydrogen-bond acceptors (Lipinski definition) is 3. The third-order valence-electron chi connectivity index (χ3n) is 4.53. The maximum atomic E-state index is 12.8. The number of ether oxygens (including phenoxy) is 1. The summed E-state index contributed by atoms with van der Waals surface area (Å²) in [5.74, 6) is -0.0372. The first-order valence-electron chi connectivity index (χ1n) is 7.42. The van der Waals surface area contributed by atoms with Crippen LogP contribution in [0.1, 0.15) is 47.0 Å². The lowest BCUT2D eigenvalue weighted by molar-refractivity contribution is -0.157. The molecule has 0 spiro atoms. The monoisotopic (exact) mass is 282 g/mol. The standard InChI is InChI=1S/C15H26N2O3/c1-9-13(18)16-12(15(2,3)4)14(19)17(9)10-7-6-8-11(10)20-5/h9-12H,6-8H2,1-5H3,(H,16,18). The van der Waals surface area contributed by atoms with E-state index in [1.165, 1.54) is 0 Å². The van der Waals surface area contributed by atoms with Crippen LogP contribution in [-0.4, -0.2) is 48.1 Å². The summed E-state index contributed by atoms with van der Waals surface area (Å²) in [6.45, 7) is 7.74.